The van der Waals surface area contributed by atoms with Crippen LogP contribution in [0.5, 0.6) is 5.75 Å². The van der Waals surface area contributed by atoms with Gasteiger partial charge in [-0.3, -0.25) is 9.59 Å². The molecule has 4 rings (SSSR count). The summed E-state index contributed by atoms with van der Waals surface area (Å²) in [7, 11) is 1.60. The molecule has 1 N–H and O–H groups in total. The Labute approximate surface area is 157 Å². The predicted molar refractivity (Wildman–Crippen MR) is 98.9 cm³/mol. The first-order chi connectivity index (χ1) is 13.0. The Morgan fingerprint density at radius 3 is 2.26 bits per heavy atom. The molecular weight excluding hydrogens is 345 g/mol. The quantitative estimate of drug-likeness (QED) is 0.899. The van der Waals surface area contributed by atoms with Crippen molar-refractivity contribution in [3.8, 4) is 5.75 Å². The zero-order valence-corrected chi connectivity index (χ0v) is 15.0. The van der Waals surface area contributed by atoms with Crippen LogP contribution < -0.4 is 10.1 Å². The molecule has 1 heterocycles. The van der Waals surface area contributed by atoms with Crippen molar-refractivity contribution in [1.82, 2.24) is 5.32 Å². The predicted octanol–water partition coefficient (Wildman–Crippen LogP) is 3.84. The monoisotopic (exact) mass is 365 g/mol. The number of Topliss-reactive ketones (excluding diaryl/α,β-unsaturated/α-hetero) is 1. The second-order valence-corrected chi connectivity index (χ2v) is 7.05. The van der Waals surface area contributed by atoms with Gasteiger partial charge in [0, 0.05) is 30.0 Å². The Bertz CT molecular complexity index is 916. The number of benzene rings is 2. The minimum atomic E-state index is -0.300. The van der Waals surface area contributed by atoms with Gasteiger partial charge in [-0.1, -0.05) is 24.3 Å². The van der Waals surface area contributed by atoms with Gasteiger partial charge >= 0.3 is 0 Å². The second-order valence-electron chi connectivity index (χ2n) is 7.05. The average molecular weight is 365 g/mol. The molecule has 0 unspecified atom stereocenters. The van der Waals surface area contributed by atoms with E-state index in [2.05, 4.69) is 5.32 Å². The molecular formula is C22H20FNO3. The van der Waals surface area contributed by atoms with E-state index in [0.717, 1.165) is 16.9 Å². The van der Waals surface area contributed by atoms with Crippen LogP contribution in [0.4, 0.5) is 4.39 Å². The molecule has 138 valence electrons. The molecule has 0 aromatic heterocycles. The van der Waals surface area contributed by atoms with Crippen LogP contribution in [0.25, 0.3) is 0 Å². The molecule has 1 aliphatic heterocycles. The number of rotatable bonds is 3. The lowest BCUT2D eigenvalue weighted by molar-refractivity contribution is -0.122. The topological polar surface area (TPSA) is 55.4 Å². The summed E-state index contributed by atoms with van der Waals surface area (Å²) < 4.78 is 18.4. The first-order valence-corrected chi connectivity index (χ1v) is 9.00. The molecule has 2 aromatic carbocycles. The molecule has 27 heavy (non-hydrogen) atoms. The van der Waals surface area contributed by atoms with Gasteiger partial charge in [-0.25, -0.2) is 4.39 Å². The zero-order chi connectivity index (χ0) is 19.0. The van der Waals surface area contributed by atoms with E-state index in [1.54, 1.807) is 19.2 Å². The number of ketones is 1. The largest absolute Gasteiger partial charge is 0.497 e. The van der Waals surface area contributed by atoms with Gasteiger partial charge in [0.2, 0.25) is 5.91 Å². The van der Waals surface area contributed by atoms with E-state index in [-0.39, 0.29) is 35.8 Å². The number of nitrogens with one attached hydrogen (secondary N) is 1. The van der Waals surface area contributed by atoms with Crippen molar-refractivity contribution >= 4 is 11.7 Å². The number of amides is 1. The fourth-order valence-corrected chi connectivity index (χ4v) is 4.05. The molecule has 2 aromatic rings. The molecule has 0 bridgehead atoms. The molecule has 1 aliphatic carbocycles. The lowest BCUT2D eigenvalue weighted by Gasteiger charge is -2.34. The standard InChI is InChI=1S/C22H20FNO3/c1-27-17-8-4-14(5-9-17)18-12-21(26)24-19-10-15(11-20(25)22(18)19)13-2-6-16(23)7-3-13/h2-9,15,18H,10-12H2,1H3,(H,24,26)/t15-,18-/m1/s1. The van der Waals surface area contributed by atoms with Crippen LogP contribution in [0.15, 0.2) is 59.8 Å². The van der Waals surface area contributed by atoms with E-state index in [4.69, 9.17) is 4.74 Å². The Morgan fingerprint density at radius 2 is 1.59 bits per heavy atom. The highest BCUT2D eigenvalue weighted by atomic mass is 19.1. The van der Waals surface area contributed by atoms with Gasteiger partial charge in [0.15, 0.2) is 5.78 Å². The fraction of sp³-hybridized carbons (Fsp3) is 0.273. The van der Waals surface area contributed by atoms with Crippen LogP contribution in [0, 0.1) is 5.82 Å². The zero-order valence-electron chi connectivity index (χ0n) is 15.0. The van der Waals surface area contributed by atoms with E-state index in [1.807, 2.05) is 24.3 Å². The average Bonchev–Trinajstić information content (AvgIpc) is 2.67. The molecule has 2 atom stereocenters. The summed E-state index contributed by atoms with van der Waals surface area (Å²) in [4.78, 5) is 25.3. The number of ether oxygens (including phenoxy) is 1. The highest BCUT2D eigenvalue weighted by Crippen LogP contribution is 2.42. The third-order valence-corrected chi connectivity index (χ3v) is 5.40. The Hall–Kier alpha value is -2.95. The summed E-state index contributed by atoms with van der Waals surface area (Å²) in [6.45, 7) is 0. The first kappa shape index (κ1) is 17.5. The van der Waals surface area contributed by atoms with Crippen molar-refractivity contribution < 1.29 is 18.7 Å². The van der Waals surface area contributed by atoms with Crippen molar-refractivity contribution in [3.63, 3.8) is 0 Å². The van der Waals surface area contributed by atoms with Crippen molar-refractivity contribution in [1.29, 1.82) is 0 Å². The minimum absolute atomic E-state index is 0.0476. The summed E-state index contributed by atoms with van der Waals surface area (Å²) in [6, 6.07) is 13.7. The highest BCUT2D eigenvalue weighted by Gasteiger charge is 2.38. The SMILES string of the molecule is COc1ccc([C@H]2CC(=O)NC3=C2C(=O)C[C@H](c2ccc(F)cc2)C3)cc1. The van der Waals surface area contributed by atoms with Crippen LogP contribution in [-0.4, -0.2) is 18.8 Å². The molecule has 5 heteroatoms. The number of hydrogen-bond acceptors (Lipinski definition) is 3. The molecule has 0 spiro atoms. The van der Waals surface area contributed by atoms with E-state index in [9.17, 15) is 14.0 Å². The molecule has 1 amide bonds. The number of hydrogen-bond donors (Lipinski definition) is 1. The van der Waals surface area contributed by atoms with Crippen molar-refractivity contribution in [2.24, 2.45) is 0 Å². The third-order valence-electron chi connectivity index (χ3n) is 5.40. The maximum absolute atomic E-state index is 13.2. The van der Waals surface area contributed by atoms with Crippen LogP contribution in [0.3, 0.4) is 0 Å². The molecule has 2 aliphatic rings. The van der Waals surface area contributed by atoms with Gasteiger partial charge in [-0.2, -0.15) is 0 Å². The van der Waals surface area contributed by atoms with Crippen LogP contribution >= 0.6 is 0 Å². The summed E-state index contributed by atoms with van der Waals surface area (Å²) >= 11 is 0. The highest BCUT2D eigenvalue weighted by molar-refractivity contribution is 6.02. The summed E-state index contributed by atoms with van der Waals surface area (Å²) in [6.07, 6.45) is 1.20. The van der Waals surface area contributed by atoms with Crippen LogP contribution in [0.1, 0.15) is 42.2 Å². The fourth-order valence-electron chi connectivity index (χ4n) is 4.05. The number of carbonyl (C=O) groups excluding carboxylic acids is 2. The number of halogens is 1. The van der Waals surface area contributed by atoms with E-state index in [1.165, 1.54) is 12.1 Å². The van der Waals surface area contributed by atoms with E-state index < -0.39 is 0 Å². The minimum Gasteiger partial charge on any atom is -0.497 e. The Balaban J connectivity index is 1.68. The molecule has 0 saturated heterocycles. The van der Waals surface area contributed by atoms with Gasteiger partial charge in [-0.05, 0) is 47.7 Å². The van der Waals surface area contributed by atoms with Gasteiger partial charge in [0.1, 0.15) is 11.6 Å². The van der Waals surface area contributed by atoms with Gasteiger partial charge in [0.25, 0.3) is 0 Å². The lowest BCUT2D eigenvalue weighted by Crippen LogP contribution is -2.38. The number of carbonyl (C=O) groups is 2. The lowest BCUT2D eigenvalue weighted by atomic mass is 9.73. The van der Waals surface area contributed by atoms with E-state index >= 15 is 0 Å². The third kappa shape index (κ3) is 3.37. The molecule has 0 radical (unpaired) electrons. The molecule has 4 nitrogen and oxygen atoms in total. The smallest absolute Gasteiger partial charge is 0.225 e. The summed E-state index contributed by atoms with van der Waals surface area (Å²) in [5.74, 6) is 0.118. The normalized spacial score (nSPS) is 22.3. The van der Waals surface area contributed by atoms with Crippen LogP contribution in [-0.2, 0) is 9.59 Å². The van der Waals surface area contributed by atoms with E-state index in [0.29, 0.717) is 24.1 Å². The summed E-state index contributed by atoms with van der Waals surface area (Å²) in [5.41, 5.74) is 3.26. The van der Waals surface area contributed by atoms with Crippen molar-refractivity contribution in [3.05, 3.63) is 76.7 Å². The first-order valence-electron chi connectivity index (χ1n) is 9.00. The second kappa shape index (κ2) is 6.99. The maximum Gasteiger partial charge on any atom is 0.225 e. The number of methoxy groups -OCH3 is 1. The van der Waals surface area contributed by atoms with Crippen molar-refractivity contribution in [2.75, 3.05) is 7.11 Å². The Morgan fingerprint density at radius 1 is 0.926 bits per heavy atom. The molecule has 0 saturated carbocycles. The maximum atomic E-state index is 13.2. The molecule has 0 fully saturated rings. The van der Waals surface area contributed by atoms with Gasteiger partial charge in [0.05, 0.1) is 7.11 Å². The van der Waals surface area contributed by atoms with Gasteiger partial charge in [-0.15, -0.1) is 0 Å². The summed E-state index contributed by atoms with van der Waals surface area (Å²) in [5, 5.41) is 2.90. The van der Waals surface area contributed by atoms with Crippen LogP contribution in [0.2, 0.25) is 0 Å². The van der Waals surface area contributed by atoms with Gasteiger partial charge < -0.3 is 10.1 Å². The Kier molecular flexibility index (Phi) is 4.52. The van der Waals surface area contributed by atoms with Crippen molar-refractivity contribution in [2.45, 2.75) is 31.1 Å². The number of allylic oxidation sites excluding steroid dienone is 2.